The minimum atomic E-state index is -1.09. The van der Waals surface area contributed by atoms with Crippen LogP contribution in [0.5, 0.6) is 0 Å². The van der Waals surface area contributed by atoms with Crippen LogP contribution >= 0.6 is 0 Å². The van der Waals surface area contributed by atoms with E-state index in [-0.39, 0.29) is 53.6 Å². The molecule has 180 valence electrons. The summed E-state index contributed by atoms with van der Waals surface area (Å²) in [6.07, 6.45) is -3.28. The van der Waals surface area contributed by atoms with Gasteiger partial charge in [0.25, 0.3) is 0 Å². The number of nitrogens with zero attached hydrogens (tertiary/aromatic N) is 3. The van der Waals surface area contributed by atoms with Crippen molar-refractivity contribution in [1.29, 1.82) is 0 Å². The second-order valence-electron chi connectivity index (χ2n) is 8.58. The standard InChI is InChI=1S/3C7H15NO2.Al/c3*1-5(2)8(6(3)4)7(9)10;/h3*5-6H,1-4H3,(H,9,10);/q;;;+3/p-3. The third-order valence-corrected chi connectivity index (χ3v) is 3.97. The number of carboxylic acid groups (broad SMARTS) is 3. The predicted octanol–water partition coefficient (Wildman–Crippen LogP) is 0.965. The fourth-order valence-corrected chi connectivity index (χ4v) is 3.05. The first-order valence-electron chi connectivity index (χ1n) is 10.4. The number of carbonyl (C=O) groups excluding carboxylic acids is 3. The monoisotopic (exact) mass is 459 g/mol. The summed E-state index contributed by atoms with van der Waals surface area (Å²) in [5.74, 6) is 0. The third-order valence-electron chi connectivity index (χ3n) is 3.97. The molecule has 0 aromatic carbocycles. The molecule has 0 aliphatic heterocycles. The second kappa shape index (κ2) is 18.0. The molecule has 3 amide bonds. The van der Waals surface area contributed by atoms with E-state index in [1.807, 2.05) is 83.1 Å². The SMILES string of the molecule is CC(C)N(C(=O)[O-])C(C)C.CC(C)N(C(=O)[O-])C(C)C.CC(C)N(C(=O)[O-])C(C)C.[Al+3]. The molecule has 0 N–H and O–H groups in total. The van der Waals surface area contributed by atoms with Crippen molar-refractivity contribution in [2.75, 3.05) is 0 Å². The number of rotatable bonds is 6. The smallest absolute Gasteiger partial charge is 0.530 e. The van der Waals surface area contributed by atoms with Gasteiger partial charge in [-0.05, 0) is 83.1 Å². The van der Waals surface area contributed by atoms with Gasteiger partial charge in [-0.25, -0.2) is 0 Å². The Labute approximate surface area is 199 Å². The van der Waals surface area contributed by atoms with Gasteiger partial charge in [-0.2, -0.15) is 0 Å². The molecular weight excluding hydrogens is 417 g/mol. The summed E-state index contributed by atoms with van der Waals surface area (Å²) in [5.41, 5.74) is 0. The van der Waals surface area contributed by atoms with E-state index in [9.17, 15) is 29.7 Å². The van der Waals surface area contributed by atoms with Crippen LogP contribution in [0.15, 0.2) is 0 Å². The summed E-state index contributed by atoms with van der Waals surface area (Å²) in [6.45, 7) is 21.9. The Hall–Kier alpha value is -1.66. The molecule has 0 aromatic heterocycles. The maximum Gasteiger partial charge on any atom is 3.00 e. The number of carbonyl (C=O) groups is 3. The van der Waals surface area contributed by atoms with E-state index in [1.165, 1.54) is 14.7 Å². The van der Waals surface area contributed by atoms with Gasteiger partial charge in [-0.3, -0.25) is 0 Å². The van der Waals surface area contributed by atoms with Crippen molar-refractivity contribution in [3.05, 3.63) is 0 Å². The first kappa shape index (κ1) is 36.7. The Bertz CT molecular complexity index is 416. The number of hydrogen-bond donors (Lipinski definition) is 0. The minimum absolute atomic E-state index is 0. The van der Waals surface area contributed by atoms with Crippen LogP contribution in [0.2, 0.25) is 0 Å². The molecule has 0 aromatic rings. The van der Waals surface area contributed by atoms with E-state index in [2.05, 4.69) is 0 Å². The van der Waals surface area contributed by atoms with Crippen LogP contribution in [-0.4, -0.2) is 86.6 Å². The van der Waals surface area contributed by atoms with Crippen molar-refractivity contribution < 1.29 is 29.7 Å². The quantitative estimate of drug-likeness (QED) is 0.544. The van der Waals surface area contributed by atoms with Gasteiger partial charge in [-0.15, -0.1) is 0 Å². The molecule has 0 rings (SSSR count). The van der Waals surface area contributed by atoms with Gasteiger partial charge >= 0.3 is 17.4 Å². The summed E-state index contributed by atoms with van der Waals surface area (Å²) in [5, 5.41) is 31.2. The topological polar surface area (TPSA) is 130 Å². The largest absolute Gasteiger partial charge is 3.00 e. The van der Waals surface area contributed by atoms with Crippen LogP contribution in [0.4, 0.5) is 14.4 Å². The van der Waals surface area contributed by atoms with E-state index in [1.54, 1.807) is 0 Å². The molecule has 10 heteroatoms. The van der Waals surface area contributed by atoms with E-state index < -0.39 is 18.3 Å². The van der Waals surface area contributed by atoms with E-state index in [4.69, 9.17) is 0 Å². The Morgan fingerprint density at radius 1 is 0.419 bits per heavy atom. The van der Waals surface area contributed by atoms with E-state index in [0.717, 1.165) is 0 Å². The van der Waals surface area contributed by atoms with Crippen LogP contribution in [0.25, 0.3) is 0 Å². The summed E-state index contributed by atoms with van der Waals surface area (Å²) >= 11 is 0. The molecule has 0 unspecified atom stereocenters. The van der Waals surface area contributed by atoms with Gasteiger partial charge < -0.3 is 44.4 Å². The number of hydrogen-bond acceptors (Lipinski definition) is 6. The van der Waals surface area contributed by atoms with Crippen LogP contribution in [-0.2, 0) is 0 Å². The Morgan fingerprint density at radius 3 is 0.516 bits per heavy atom. The van der Waals surface area contributed by atoms with Gasteiger partial charge in [0, 0.05) is 36.3 Å². The second-order valence-corrected chi connectivity index (χ2v) is 8.58. The average molecular weight is 460 g/mol. The molecule has 0 spiro atoms. The van der Waals surface area contributed by atoms with E-state index in [0.29, 0.717) is 0 Å². The molecule has 0 saturated heterocycles. The molecule has 0 radical (unpaired) electrons. The summed E-state index contributed by atoms with van der Waals surface area (Å²) in [7, 11) is 0. The maximum absolute atomic E-state index is 10.4. The summed E-state index contributed by atoms with van der Waals surface area (Å²) in [6, 6.07) is 0.0278. The van der Waals surface area contributed by atoms with E-state index >= 15 is 0 Å². The average Bonchev–Trinajstić information content (AvgIpc) is 2.43. The van der Waals surface area contributed by atoms with Crippen LogP contribution in [0, 0.1) is 0 Å². The van der Waals surface area contributed by atoms with Crippen LogP contribution in [0.1, 0.15) is 83.1 Å². The zero-order valence-electron chi connectivity index (χ0n) is 21.3. The van der Waals surface area contributed by atoms with Crippen molar-refractivity contribution in [3.63, 3.8) is 0 Å². The molecular formula is C21H42AlN3O6. The maximum atomic E-state index is 10.4. The molecule has 9 nitrogen and oxygen atoms in total. The van der Waals surface area contributed by atoms with Gasteiger partial charge in [0.15, 0.2) is 0 Å². The van der Waals surface area contributed by atoms with Crippen molar-refractivity contribution in [1.82, 2.24) is 14.7 Å². The minimum Gasteiger partial charge on any atom is -0.530 e. The molecule has 0 bridgehead atoms. The van der Waals surface area contributed by atoms with Crippen molar-refractivity contribution in [2.24, 2.45) is 0 Å². The Morgan fingerprint density at radius 2 is 0.516 bits per heavy atom. The van der Waals surface area contributed by atoms with Crippen molar-refractivity contribution in [2.45, 2.75) is 119 Å². The van der Waals surface area contributed by atoms with Crippen LogP contribution < -0.4 is 15.3 Å². The fourth-order valence-electron chi connectivity index (χ4n) is 3.05. The van der Waals surface area contributed by atoms with Crippen molar-refractivity contribution >= 4 is 35.6 Å². The third kappa shape index (κ3) is 16.7. The number of amides is 3. The first-order valence-corrected chi connectivity index (χ1v) is 10.4. The molecule has 31 heavy (non-hydrogen) atoms. The molecule has 0 fully saturated rings. The molecule has 0 aliphatic rings. The van der Waals surface area contributed by atoms with Crippen molar-refractivity contribution in [3.8, 4) is 0 Å². The van der Waals surface area contributed by atoms with Gasteiger partial charge in [0.1, 0.15) is 18.3 Å². The first-order chi connectivity index (χ1) is 13.4. The van der Waals surface area contributed by atoms with Crippen LogP contribution in [0.3, 0.4) is 0 Å². The predicted molar refractivity (Wildman–Crippen MR) is 118 cm³/mol. The summed E-state index contributed by atoms with van der Waals surface area (Å²) in [4.78, 5) is 35.1. The van der Waals surface area contributed by atoms with Gasteiger partial charge in [-0.1, -0.05) is 0 Å². The zero-order chi connectivity index (χ0) is 24.9. The normalized spacial score (nSPS) is 10.3. The Kier molecular flexibility index (Phi) is 21.3. The van der Waals surface area contributed by atoms with Gasteiger partial charge in [0.2, 0.25) is 0 Å². The Balaban J connectivity index is -0.000000174. The fraction of sp³-hybridized carbons (Fsp3) is 0.857. The molecule has 0 atom stereocenters. The van der Waals surface area contributed by atoms with Gasteiger partial charge in [0.05, 0.1) is 0 Å². The molecule has 0 saturated carbocycles. The summed E-state index contributed by atoms with van der Waals surface area (Å²) < 4.78 is 0. The molecule has 0 aliphatic carbocycles. The molecule has 0 heterocycles. The zero-order valence-corrected chi connectivity index (χ0v) is 22.5.